The molecule has 1 atom stereocenters. The number of hydrogen-bond acceptors (Lipinski definition) is 6. The summed E-state index contributed by atoms with van der Waals surface area (Å²) in [6.45, 7) is 7.41. The van der Waals surface area contributed by atoms with E-state index in [0.29, 0.717) is 22.6 Å². The summed E-state index contributed by atoms with van der Waals surface area (Å²) in [6, 6.07) is 10.7. The van der Waals surface area contributed by atoms with Gasteiger partial charge in [-0.15, -0.1) is 0 Å². The molecule has 33 heavy (non-hydrogen) atoms. The number of halogens is 1. The second-order valence-corrected chi connectivity index (χ2v) is 9.96. The predicted molar refractivity (Wildman–Crippen MR) is 124 cm³/mol. The van der Waals surface area contributed by atoms with E-state index in [2.05, 4.69) is 10.4 Å². The number of aromatic nitrogens is 3. The number of thioether (sulfide) groups is 1. The topological polar surface area (TPSA) is 93.9 Å². The predicted octanol–water partition coefficient (Wildman–Crippen LogP) is 3.84. The maximum absolute atomic E-state index is 13.5. The molecular weight excluding hydrogens is 443 g/mol. The fourth-order valence-corrected chi connectivity index (χ4v) is 4.55. The molecule has 2 aromatic heterocycles. The van der Waals surface area contributed by atoms with Gasteiger partial charge in [0, 0.05) is 17.3 Å². The minimum absolute atomic E-state index is 0.0306. The van der Waals surface area contributed by atoms with E-state index >= 15 is 0 Å². The van der Waals surface area contributed by atoms with E-state index in [1.54, 1.807) is 41.2 Å². The summed E-state index contributed by atoms with van der Waals surface area (Å²) in [4.78, 5) is 42.5. The van der Waals surface area contributed by atoms with Crippen molar-refractivity contribution in [2.75, 3.05) is 5.75 Å². The van der Waals surface area contributed by atoms with E-state index in [4.69, 9.17) is 4.98 Å². The molecule has 3 heterocycles. The lowest BCUT2D eigenvalue weighted by atomic mass is 9.98. The molecule has 4 rings (SSSR count). The molecule has 0 radical (unpaired) electrons. The van der Waals surface area contributed by atoms with Crippen molar-refractivity contribution in [1.82, 2.24) is 20.1 Å². The number of nitrogens with zero attached hydrogens (tertiary/aromatic N) is 3. The molecule has 1 saturated heterocycles. The van der Waals surface area contributed by atoms with Crippen molar-refractivity contribution in [1.29, 1.82) is 0 Å². The second kappa shape index (κ2) is 8.22. The minimum atomic E-state index is -1.57. The van der Waals surface area contributed by atoms with Gasteiger partial charge in [0.25, 0.3) is 5.91 Å². The average molecular weight is 467 g/mol. The first kappa shape index (κ1) is 22.8. The van der Waals surface area contributed by atoms with Crippen molar-refractivity contribution in [2.45, 2.75) is 38.8 Å². The number of amides is 1. The SMILES string of the molecule is CC1(NC(=O)c2cc(-c3ccc(F)cc3)nc(-c3ccnn3C(C)(C)C)c2)C(=O)CSC1=O. The van der Waals surface area contributed by atoms with Gasteiger partial charge in [0.15, 0.2) is 11.3 Å². The number of benzene rings is 1. The van der Waals surface area contributed by atoms with Gasteiger partial charge in [0.2, 0.25) is 5.12 Å². The lowest BCUT2D eigenvalue weighted by Gasteiger charge is -2.23. The Balaban J connectivity index is 1.83. The van der Waals surface area contributed by atoms with Crippen LogP contribution in [0.3, 0.4) is 0 Å². The first-order valence-electron chi connectivity index (χ1n) is 10.3. The van der Waals surface area contributed by atoms with Crippen molar-refractivity contribution in [3.8, 4) is 22.6 Å². The third-order valence-electron chi connectivity index (χ3n) is 5.43. The van der Waals surface area contributed by atoms with Gasteiger partial charge < -0.3 is 5.32 Å². The lowest BCUT2D eigenvalue weighted by Crippen LogP contribution is -2.54. The maximum Gasteiger partial charge on any atom is 0.252 e. The molecule has 1 N–H and O–H groups in total. The van der Waals surface area contributed by atoms with Crippen LogP contribution in [0.4, 0.5) is 4.39 Å². The quantitative estimate of drug-likeness (QED) is 0.588. The highest BCUT2D eigenvalue weighted by Crippen LogP contribution is 2.30. The van der Waals surface area contributed by atoms with Crippen molar-refractivity contribution < 1.29 is 18.8 Å². The molecule has 1 aliphatic heterocycles. The number of Topliss-reactive ketones (excluding diaryl/α,β-unsaturated/α-hetero) is 1. The van der Waals surface area contributed by atoms with E-state index in [-0.39, 0.29) is 33.6 Å². The monoisotopic (exact) mass is 466 g/mol. The Hall–Kier alpha value is -3.33. The molecule has 1 aliphatic rings. The van der Waals surface area contributed by atoms with Crippen LogP contribution in [-0.4, -0.2) is 42.9 Å². The zero-order chi connectivity index (χ0) is 24.0. The van der Waals surface area contributed by atoms with Gasteiger partial charge in [-0.2, -0.15) is 5.10 Å². The minimum Gasteiger partial charge on any atom is -0.333 e. The molecule has 1 aromatic carbocycles. The molecule has 1 unspecified atom stereocenters. The van der Waals surface area contributed by atoms with Crippen molar-refractivity contribution in [2.24, 2.45) is 0 Å². The summed E-state index contributed by atoms with van der Waals surface area (Å²) < 4.78 is 15.3. The van der Waals surface area contributed by atoms with Gasteiger partial charge in [0.1, 0.15) is 5.82 Å². The maximum atomic E-state index is 13.5. The number of rotatable bonds is 4. The molecule has 0 aliphatic carbocycles. The van der Waals surface area contributed by atoms with Crippen LogP contribution in [0.5, 0.6) is 0 Å². The zero-order valence-corrected chi connectivity index (χ0v) is 19.5. The fourth-order valence-electron chi connectivity index (χ4n) is 3.55. The summed E-state index contributed by atoms with van der Waals surface area (Å²) >= 11 is 0.894. The molecule has 0 spiro atoms. The van der Waals surface area contributed by atoms with Crippen LogP contribution in [0, 0.1) is 5.82 Å². The highest BCUT2D eigenvalue weighted by Gasteiger charge is 2.47. The highest BCUT2D eigenvalue weighted by molar-refractivity contribution is 8.15. The number of ketones is 1. The van der Waals surface area contributed by atoms with Crippen LogP contribution in [0.2, 0.25) is 0 Å². The fraction of sp³-hybridized carbons (Fsp3) is 0.292. The average Bonchev–Trinajstić information content (AvgIpc) is 3.36. The third kappa shape index (κ3) is 4.32. The van der Waals surface area contributed by atoms with Gasteiger partial charge >= 0.3 is 0 Å². The molecule has 170 valence electrons. The molecule has 0 saturated carbocycles. The number of hydrogen-bond donors (Lipinski definition) is 1. The second-order valence-electron chi connectivity index (χ2n) is 9.01. The number of pyridine rings is 1. The molecule has 7 nitrogen and oxygen atoms in total. The Morgan fingerprint density at radius 2 is 1.79 bits per heavy atom. The van der Waals surface area contributed by atoms with E-state index in [9.17, 15) is 18.8 Å². The summed E-state index contributed by atoms with van der Waals surface area (Å²) in [5, 5.41) is 6.62. The van der Waals surface area contributed by atoms with Gasteiger partial charge in [0.05, 0.1) is 28.4 Å². The van der Waals surface area contributed by atoms with Crippen molar-refractivity contribution in [3.63, 3.8) is 0 Å². The first-order chi connectivity index (χ1) is 15.5. The van der Waals surface area contributed by atoms with Crippen LogP contribution in [0.15, 0.2) is 48.7 Å². The molecule has 1 fully saturated rings. The Morgan fingerprint density at radius 3 is 2.39 bits per heavy atom. The number of carbonyl (C=O) groups is 3. The summed E-state index contributed by atoms with van der Waals surface area (Å²) in [5.74, 6) is -1.27. The summed E-state index contributed by atoms with van der Waals surface area (Å²) in [6.07, 6.45) is 1.65. The van der Waals surface area contributed by atoms with E-state index in [1.165, 1.54) is 19.1 Å². The number of carbonyl (C=O) groups excluding carboxylic acids is 3. The van der Waals surface area contributed by atoms with E-state index in [0.717, 1.165) is 11.8 Å². The Kier molecular flexibility index (Phi) is 5.69. The van der Waals surface area contributed by atoms with Gasteiger partial charge in [-0.25, -0.2) is 9.37 Å². The first-order valence-corrected chi connectivity index (χ1v) is 11.3. The van der Waals surface area contributed by atoms with Crippen LogP contribution in [-0.2, 0) is 15.1 Å². The van der Waals surface area contributed by atoms with Crippen LogP contribution in [0.1, 0.15) is 38.1 Å². The lowest BCUT2D eigenvalue weighted by molar-refractivity contribution is -0.127. The molecule has 0 bridgehead atoms. The molecule has 3 aromatic rings. The Morgan fingerprint density at radius 1 is 1.12 bits per heavy atom. The Bertz CT molecular complexity index is 1250. The van der Waals surface area contributed by atoms with Crippen molar-refractivity contribution >= 4 is 28.6 Å². The largest absolute Gasteiger partial charge is 0.333 e. The molecule has 1 amide bonds. The number of nitrogens with one attached hydrogen (secondary N) is 1. The van der Waals surface area contributed by atoms with Gasteiger partial charge in [-0.3, -0.25) is 19.1 Å². The molecule has 9 heteroatoms. The van der Waals surface area contributed by atoms with Gasteiger partial charge in [-0.05, 0) is 70.2 Å². The summed E-state index contributed by atoms with van der Waals surface area (Å²) in [5.41, 5.74) is 0.538. The van der Waals surface area contributed by atoms with E-state index in [1.807, 2.05) is 20.8 Å². The zero-order valence-electron chi connectivity index (χ0n) is 18.7. The summed E-state index contributed by atoms with van der Waals surface area (Å²) in [7, 11) is 0. The van der Waals surface area contributed by atoms with Gasteiger partial charge in [-0.1, -0.05) is 11.8 Å². The van der Waals surface area contributed by atoms with Crippen LogP contribution >= 0.6 is 11.8 Å². The van der Waals surface area contributed by atoms with Crippen LogP contribution < -0.4 is 5.32 Å². The standard InChI is InChI=1S/C24H23FN4O3S/c1-23(2,3)29-19(9-10-26-29)18-12-15(11-17(27-18)14-5-7-16(25)8-6-14)21(31)28-24(4)20(30)13-33-22(24)32/h5-12H,13H2,1-4H3,(H,28,31). The smallest absolute Gasteiger partial charge is 0.252 e. The third-order valence-corrected chi connectivity index (χ3v) is 6.51. The highest BCUT2D eigenvalue weighted by atomic mass is 32.2. The van der Waals surface area contributed by atoms with Crippen molar-refractivity contribution in [3.05, 3.63) is 60.0 Å². The van der Waals surface area contributed by atoms with E-state index < -0.39 is 11.4 Å². The Labute approximate surface area is 194 Å². The normalized spacial score (nSPS) is 18.6. The molecular formula is C24H23FN4O3S. The van der Waals surface area contributed by atoms with Crippen LogP contribution in [0.25, 0.3) is 22.6 Å².